The summed E-state index contributed by atoms with van der Waals surface area (Å²) < 4.78 is 56.7. The lowest BCUT2D eigenvalue weighted by atomic mass is 9.62. The number of hydrogen-bond donors (Lipinski definition) is 0. The SMILES string of the molecule is Fc1ccc(Cl)cc1C1(Cc2ncc(-c3nnc(C(F)(F)F)o3)cn2)CCC1. The fraction of sp³-hybridized carbons (Fsp3) is 0.333. The summed E-state index contributed by atoms with van der Waals surface area (Å²) >= 11 is 6.03. The molecule has 0 saturated heterocycles. The van der Waals surface area contributed by atoms with E-state index in [0.29, 0.717) is 22.8 Å². The predicted octanol–water partition coefficient (Wildman–Crippen LogP) is 5.00. The summed E-state index contributed by atoms with van der Waals surface area (Å²) in [7, 11) is 0. The van der Waals surface area contributed by atoms with Crippen LogP contribution >= 0.6 is 11.6 Å². The Morgan fingerprint density at radius 3 is 2.39 bits per heavy atom. The highest BCUT2D eigenvalue weighted by atomic mass is 35.5. The third-order valence-electron chi connectivity index (χ3n) is 4.93. The van der Waals surface area contributed by atoms with E-state index in [4.69, 9.17) is 11.6 Å². The van der Waals surface area contributed by atoms with E-state index >= 15 is 0 Å². The zero-order chi connectivity index (χ0) is 19.9. The Hall–Kier alpha value is -2.55. The van der Waals surface area contributed by atoms with Crippen molar-refractivity contribution < 1.29 is 22.0 Å². The maximum Gasteiger partial charge on any atom is 0.470 e. The van der Waals surface area contributed by atoms with Crippen LogP contribution in [0.25, 0.3) is 11.5 Å². The summed E-state index contributed by atoms with van der Waals surface area (Å²) in [6.07, 6.45) is 0.799. The number of rotatable bonds is 4. The van der Waals surface area contributed by atoms with Crippen molar-refractivity contribution in [3.8, 4) is 11.5 Å². The van der Waals surface area contributed by atoms with Gasteiger partial charge in [0.25, 0.3) is 5.89 Å². The molecule has 1 aromatic carbocycles. The van der Waals surface area contributed by atoms with Crippen LogP contribution in [0.1, 0.15) is 36.5 Å². The van der Waals surface area contributed by atoms with Crippen LogP contribution in [0.5, 0.6) is 0 Å². The van der Waals surface area contributed by atoms with Crippen molar-refractivity contribution >= 4 is 11.6 Å². The topological polar surface area (TPSA) is 64.7 Å². The molecular weight excluding hydrogens is 400 g/mol. The van der Waals surface area contributed by atoms with Crippen LogP contribution in [-0.4, -0.2) is 20.2 Å². The van der Waals surface area contributed by atoms with Crippen LogP contribution in [0.4, 0.5) is 17.6 Å². The Morgan fingerprint density at radius 1 is 1.11 bits per heavy atom. The molecule has 0 N–H and O–H groups in total. The van der Waals surface area contributed by atoms with Crippen LogP contribution in [0.3, 0.4) is 0 Å². The molecule has 0 amide bonds. The molecule has 0 spiro atoms. The Bertz CT molecular complexity index is 1000. The highest BCUT2D eigenvalue weighted by Gasteiger charge is 2.41. The van der Waals surface area contributed by atoms with Gasteiger partial charge in [0.05, 0.1) is 5.56 Å². The maximum atomic E-state index is 14.4. The number of aromatic nitrogens is 4. The fourth-order valence-corrected chi connectivity index (χ4v) is 3.53. The van der Waals surface area contributed by atoms with Crippen LogP contribution in [0.15, 0.2) is 35.0 Å². The third kappa shape index (κ3) is 3.46. The fourth-order valence-electron chi connectivity index (χ4n) is 3.36. The standard InChI is InChI=1S/C18H13ClF4N4O/c19-11-2-3-13(20)12(6-11)17(4-1-5-17)7-14-24-8-10(9-25-14)15-26-27-16(28-15)18(21,22)23/h2-3,6,8-9H,1,4-5,7H2. The molecule has 28 heavy (non-hydrogen) atoms. The van der Waals surface area contributed by atoms with Crippen molar-refractivity contribution in [1.29, 1.82) is 0 Å². The summed E-state index contributed by atoms with van der Waals surface area (Å²) in [5.74, 6) is -1.64. The molecular formula is C18H13ClF4N4O. The molecule has 146 valence electrons. The zero-order valence-corrected chi connectivity index (χ0v) is 15.1. The molecule has 2 aromatic heterocycles. The van der Waals surface area contributed by atoms with Crippen molar-refractivity contribution in [2.45, 2.75) is 37.3 Å². The van der Waals surface area contributed by atoms with Gasteiger partial charge in [0, 0.05) is 29.3 Å². The third-order valence-corrected chi connectivity index (χ3v) is 5.16. The normalized spacial score (nSPS) is 16.0. The smallest absolute Gasteiger partial charge is 0.413 e. The van der Waals surface area contributed by atoms with Gasteiger partial charge in [-0.05, 0) is 36.6 Å². The number of benzene rings is 1. The van der Waals surface area contributed by atoms with Crippen LogP contribution < -0.4 is 0 Å². The van der Waals surface area contributed by atoms with E-state index < -0.39 is 17.5 Å². The van der Waals surface area contributed by atoms with Gasteiger partial charge in [-0.2, -0.15) is 13.2 Å². The van der Waals surface area contributed by atoms with Crippen molar-refractivity contribution in [2.24, 2.45) is 0 Å². The number of alkyl halides is 3. The minimum Gasteiger partial charge on any atom is -0.413 e. The van der Waals surface area contributed by atoms with Crippen molar-refractivity contribution in [1.82, 2.24) is 20.2 Å². The number of nitrogens with zero attached hydrogens (tertiary/aromatic N) is 4. The lowest BCUT2D eigenvalue weighted by Crippen LogP contribution is -2.38. The van der Waals surface area contributed by atoms with Gasteiger partial charge in [0.1, 0.15) is 11.6 Å². The summed E-state index contributed by atoms with van der Waals surface area (Å²) in [6, 6.07) is 4.47. The Balaban J connectivity index is 1.57. The van der Waals surface area contributed by atoms with Gasteiger partial charge in [-0.3, -0.25) is 0 Å². The highest BCUT2D eigenvalue weighted by Crippen LogP contribution is 2.47. The van der Waals surface area contributed by atoms with Crippen LogP contribution in [-0.2, 0) is 18.0 Å². The molecule has 1 aliphatic carbocycles. The van der Waals surface area contributed by atoms with Gasteiger partial charge in [-0.15, -0.1) is 10.2 Å². The number of halogens is 5. The molecule has 5 nitrogen and oxygen atoms in total. The predicted molar refractivity (Wildman–Crippen MR) is 91.0 cm³/mol. The molecule has 1 fully saturated rings. The largest absolute Gasteiger partial charge is 0.470 e. The van der Waals surface area contributed by atoms with Gasteiger partial charge in [-0.25, -0.2) is 14.4 Å². The first kappa shape index (κ1) is 18.8. The molecule has 0 atom stereocenters. The van der Waals surface area contributed by atoms with E-state index in [2.05, 4.69) is 24.6 Å². The number of hydrogen-bond acceptors (Lipinski definition) is 5. The van der Waals surface area contributed by atoms with Gasteiger partial charge in [0.15, 0.2) is 0 Å². The zero-order valence-electron chi connectivity index (χ0n) is 14.3. The first-order valence-corrected chi connectivity index (χ1v) is 8.82. The van der Waals surface area contributed by atoms with E-state index in [-0.39, 0.29) is 17.3 Å². The molecule has 0 radical (unpaired) electrons. The van der Waals surface area contributed by atoms with E-state index in [0.717, 1.165) is 19.3 Å². The molecule has 0 bridgehead atoms. The quantitative estimate of drug-likeness (QED) is 0.564. The molecule has 4 rings (SSSR count). The van der Waals surface area contributed by atoms with Crippen molar-refractivity contribution in [3.63, 3.8) is 0 Å². The average Bonchev–Trinajstić information content (AvgIpc) is 3.11. The molecule has 1 aliphatic rings. The molecule has 1 saturated carbocycles. The van der Waals surface area contributed by atoms with Crippen LogP contribution in [0, 0.1) is 5.82 Å². The van der Waals surface area contributed by atoms with Crippen molar-refractivity contribution in [2.75, 3.05) is 0 Å². The van der Waals surface area contributed by atoms with Gasteiger partial charge in [0.2, 0.25) is 0 Å². The summed E-state index contributed by atoms with van der Waals surface area (Å²) in [6.45, 7) is 0. The van der Waals surface area contributed by atoms with E-state index in [1.807, 2.05) is 0 Å². The molecule has 3 aromatic rings. The molecule has 10 heteroatoms. The molecule has 2 heterocycles. The second kappa shape index (κ2) is 6.80. The lowest BCUT2D eigenvalue weighted by molar-refractivity contribution is -0.156. The van der Waals surface area contributed by atoms with Gasteiger partial charge >= 0.3 is 12.1 Å². The second-order valence-corrected chi connectivity index (χ2v) is 7.17. The molecule has 0 aliphatic heterocycles. The Morgan fingerprint density at radius 2 is 1.82 bits per heavy atom. The van der Waals surface area contributed by atoms with Gasteiger partial charge in [-0.1, -0.05) is 18.0 Å². The summed E-state index contributed by atoms with van der Waals surface area (Å²) in [5, 5.41) is 6.80. The second-order valence-electron chi connectivity index (χ2n) is 6.73. The Labute approximate surface area is 161 Å². The first-order chi connectivity index (χ1) is 13.3. The summed E-state index contributed by atoms with van der Waals surface area (Å²) in [5.41, 5.74) is 0.263. The van der Waals surface area contributed by atoms with E-state index in [9.17, 15) is 17.6 Å². The maximum absolute atomic E-state index is 14.4. The van der Waals surface area contributed by atoms with Gasteiger partial charge < -0.3 is 4.42 Å². The van der Waals surface area contributed by atoms with Crippen LogP contribution in [0.2, 0.25) is 5.02 Å². The van der Waals surface area contributed by atoms with E-state index in [1.165, 1.54) is 24.5 Å². The monoisotopic (exact) mass is 412 g/mol. The molecule has 0 unspecified atom stereocenters. The first-order valence-electron chi connectivity index (χ1n) is 8.44. The van der Waals surface area contributed by atoms with E-state index in [1.54, 1.807) is 6.07 Å². The Kier molecular flexibility index (Phi) is 4.57. The lowest BCUT2D eigenvalue weighted by Gasteiger charge is -2.42. The van der Waals surface area contributed by atoms with Crippen molar-refractivity contribution in [3.05, 3.63) is 58.7 Å². The average molecular weight is 413 g/mol. The highest BCUT2D eigenvalue weighted by molar-refractivity contribution is 6.30. The minimum absolute atomic E-state index is 0.170. The summed E-state index contributed by atoms with van der Waals surface area (Å²) in [4.78, 5) is 8.39. The minimum atomic E-state index is -4.72.